The zero-order valence-electron chi connectivity index (χ0n) is 15.4. The van der Waals surface area contributed by atoms with Gasteiger partial charge in [0.25, 0.3) is 5.56 Å². The summed E-state index contributed by atoms with van der Waals surface area (Å²) in [5, 5.41) is 12.3. The number of fused-ring (bicyclic) bond motifs is 1. The number of aromatic amines is 1. The first kappa shape index (κ1) is 18.2. The van der Waals surface area contributed by atoms with E-state index in [9.17, 15) is 9.90 Å². The molecule has 1 saturated carbocycles. The molecule has 1 fully saturated rings. The van der Waals surface area contributed by atoms with Gasteiger partial charge in [0.2, 0.25) is 0 Å². The van der Waals surface area contributed by atoms with E-state index in [0.29, 0.717) is 30.3 Å². The fourth-order valence-electron chi connectivity index (χ4n) is 3.39. The monoisotopic (exact) mass is 385 g/mol. The molecular formula is C20H23N3O3S. The highest BCUT2D eigenvalue weighted by Gasteiger charge is 2.30. The summed E-state index contributed by atoms with van der Waals surface area (Å²) in [4.78, 5) is 23.4. The number of aromatic nitrogens is 2. The molecule has 1 aliphatic carbocycles. The van der Waals surface area contributed by atoms with Crippen LogP contribution in [0.25, 0.3) is 21.3 Å². The molecule has 27 heavy (non-hydrogen) atoms. The van der Waals surface area contributed by atoms with E-state index in [2.05, 4.69) is 9.88 Å². The molecule has 6 nitrogen and oxygen atoms in total. The van der Waals surface area contributed by atoms with Crippen LogP contribution < -0.4 is 10.3 Å². The average Bonchev–Trinajstić information content (AvgIpc) is 3.40. The van der Waals surface area contributed by atoms with Crippen LogP contribution in [0.3, 0.4) is 0 Å². The van der Waals surface area contributed by atoms with Gasteiger partial charge >= 0.3 is 0 Å². The van der Waals surface area contributed by atoms with Gasteiger partial charge in [-0.3, -0.25) is 9.69 Å². The van der Waals surface area contributed by atoms with E-state index in [-0.39, 0.29) is 5.56 Å². The van der Waals surface area contributed by atoms with Crippen molar-refractivity contribution in [3.05, 3.63) is 45.8 Å². The summed E-state index contributed by atoms with van der Waals surface area (Å²) in [6.07, 6.45) is 1.87. The maximum atomic E-state index is 12.8. The highest BCUT2D eigenvalue weighted by Crippen LogP contribution is 2.33. The van der Waals surface area contributed by atoms with Crippen LogP contribution in [0.5, 0.6) is 5.75 Å². The minimum atomic E-state index is -0.401. The van der Waals surface area contributed by atoms with Gasteiger partial charge < -0.3 is 14.8 Å². The lowest BCUT2D eigenvalue weighted by atomic mass is 10.1. The van der Waals surface area contributed by atoms with Crippen molar-refractivity contribution in [3.63, 3.8) is 0 Å². The maximum absolute atomic E-state index is 12.8. The lowest BCUT2D eigenvalue weighted by Crippen LogP contribution is -2.33. The van der Waals surface area contributed by atoms with Crippen LogP contribution in [0.2, 0.25) is 0 Å². The standard InChI is InChI=1S/C20H23N3O3S/c1-12(24)9-23(14-6-7-14)10-17-21-19(25)18-16(11-27-20(18)22-17)13-4-3-5-15(8-13)26-2/h3-5,8,11-12,14,24H,6-7,9-10H2,1-2H3,(H,21,22,25). The second kappa shape index (κ2) is 7.42. The van der Waals surface area contributed by atoms with E-state index in [4.69, 9.17) is 9.72 Å². The number of rotatable bonds is 7. The van der Waals surface area contributed by atoms with E-state index in [1.165, 1.54) is 11.3 Å². The van der Waals surface area contributed by atoms with E-state index >= 15 is 0 Å². The van der Waals surface area contributed by atoms with E-state index in [0.717, 1.165) is 34.5 Å². The number of methoxy groups -OCH3 is 1. The molecule has 0 radical (unpaired) electrons. The van der Waals surface area contributed by atoms with Crippen LogP contribution >= 0.6 is 11.3 Å². The molecule has 3 aromatic rings. The first-order chi connectivity index (χ1) is 13.0. The van der Waals surface area contributed by atoms with Crippen LogP contribution in [-0.2, 0) is 6.54 Å². The molecular weight excluding hydrogens is 362 g/mol. The molecule has 4 rings (SSSR count). The second-order valence-electron chi connectivity index (χ2n) is 7.08. The van der Waals surface area contributed by atoms with Gasteiger partial charge in [-0.05, 0) is 37.5 Å². The van der Waals surface area contributed by atoms with Crippen LogP contribution in [0.4, 0.5) is 0 Å². The van der Waals surface area contributed by atoms with Crippen molar-refractivity contribution in [2.24, 2.45) is 0 Å². The van der Waals surface area contributed by atoms with Crippen LogP contribution in [0, 0.1) is 0 Å². The molecule has 1 aromatic carbocycles. The minimum Gasteiger partial charge on any atom is -0.497 e. The van der Waals surface area contributed by atoms with Gasteiger partial charge in [-0.25, -0.2) is 4.98 Å². The average molecular weight is 385 g/mol. The third-order valence-corrected chi connectivity index (χ3v) is 5.66. The van der Waals surface area contributed by atoms with E-state index in [1.54, 1.807) is 14.0 Å². The Bertz CT molecular complexity index is 1010. The van der Waals surface area contributed by atoms with Gasteiger partial charge in [-0.2, -0.15) is 0 Å². The van der Waals surface area contributed by atoms with Gasteiger partial charge in [-0.1, -0.05) is 12.1 Å². The summed E-state index contributed by atoms with van der Waals surface area (Å²) in [7, 11) is 1.63. The summed E-state index contributed by atoms with van der Waals surface area (Å²) >= 11 is 1.48. The third kappa shape index (κ3) is 3.90. The molecule has 0 aliphatic heterocycles. The molecule has 2 aromatic heterocycles. The molecule has 142 valence electrons. The van der Waals surface area contributed by atoms with Crippen molar-refractivity contribution in [1.29, 1.82) is 0 Å². The fraction of sp³-hybridized carbons (Fsp3) is 0.400. The zero-order chi connectivity index (χ0) is 19.0. The van der Waals surface area contributed by atoms with Gasteiger partial charge in [0.1, 0.15) is 16.4 Å². The minimum absolute atomic E-state index is 0.123. The SMILES string of the molecule is COc1cccc(-c2csc3nc(CN(CC(C)O)C4CC4)[nH]c(=O)c23)c1. The van der Waals surface area contributed by atoms with Gasteiger partial charge in [-0.15, -0.1) is 11.3 Å². The molecule has 0 saturated heterocycles. The Morgan fingerprint density at radius 1 is 1.44 bits per heavy atom. The summed E-state index contributed by atoms with van der Waals surface area (Å²) in [6.45, 7) is 2.92. The summed E-state index contributed by atoms with van der Waals surface area (Å²) in [5.74, 6) is 1.41. The Kier molecular flexibility index (Phi) is 4.99. The van der Waals surface area contributed by atoms with Gasteiger partial charge in [0, 0.05) is 23.5 Å². The van der Waals surface area contributed by atoms with E-state index in [1.807, 2.05) is 29.6 Å². The smallest absolute Gasteiger partial charge is 0.260 e. The van der Waals surface area contributed by atoms with Crippen molar-refractivity contribution < 1.29 is 9.84 Å². The predicted octanol–water partition coefficient (Wildman–Crippen LogP) is 3.01. The van der Waals surface area contributed by atoms with Crippen molar-refractivity contribution in [1.82, 2.24) is 14.9 Å². The zero-order valence-corrected chi connectivity index (χ0v) is 16.3. The molecule has 2 N–H and O–H groups in total. The highest BCUT2D eigenvalue weighted by atomic mass is 32.1. The number of nitrogens with one attached hydrogen (secondary N) is 1. The van der Waals surface area contributed by atoms with Crippen molar-refractivity contribution >= 4 is 21.6 Å². The lowest BCUT2D eigenvalue weighted by molar-refractivity contribution is 0.116. The number of thiophene rings is 1. The number of H-pyrrole nitrogens is 1. The van der Waals surface area contributed by atoms with Crippen molar-refractivity contribution in [2.45, 2.75) is 38.5 Å². The quantitative estimate of drug-likeness (QED) is 0.654. The second-order valence-corrected chi connectivity index (χ2v) is 7.94. The predicted molar refractivity (Wildman–Crippen MR) is 107 cm³/mol. The topological polar surface area (TPSA) is 78.5 Å². The molecule has 0 bridgehead atoms. The van der Waals surface area contributed by atoms with Crippen molar-refractivity contribution in [2.75, 3.05) is 13.7 Å². The summed E-state index contributed by atoms with van der Waals surface area (Å²) in [6, 6.07) is 8.17. The van der Waals surface area contributed by atoms with Gasteiger partial charge in [0.05, 0.1) is 25.1 Å². The molecule has 1 unspecified atom stereocenters. The molecule has 1 atom stereocenters. The number of ether oxygens (including phenoxy) is 1. The Hall–Kier alpha value is -2.22. The number of benzene rings is 1. The number of aliphatic hydroxyl groups is 1. The van der Waals surface area contributed by atoms with E-state index < -0.39 is 6.10 Å². The Balaban J connectivity index is 1.68. The van der Waals surface area contributed by atoms with Crippen LogP contribution in [0.1, 0.15) is 25.6 Å². The van der Waals surface area contributed by atoms with Crippen molar-refractivity contribution in [3.8, 4) is 16.9 Å². The molecule has 7 heteroatoms. The number of hydrogen-bond acceptors (Lipinski definition) is 6. The summed E-state index contributed by atoms with van der Waals surface area (Å²) < 4.78 is 5.29. The molecule has 0 amide bonds. The number of aliphatic hydroxyl groups excluding tert-OH is 1. The molecule has 0 spiro atoms. The molecule has 2 heterocycles. The van der Waals surface area contributed by atoms with Crippen LogP contribution in [0.15, 0.2) is 34.4 Å². The maximum Gasteiger partial charge on any atom is 0.260 e. The largest absolute Gasteiger partial charge is 0.497 e. The molecule has 1 aliphatic rings. The fourth-order valence-corrected chi connectivity index (χ4v) is 4.35. The highest BCUT2D eigenvalue weighted by molar-refractivity contribution is 7.17. The van der Waals surface area contributed by atoms with Crippen LogP contribution in [-0.4, -0.2) is 45.8 Å². The summed E-state index contributed by atoms with van der Waals surface area (Å²) in [5.41, 5.74) is 1.69. The van der Waals surface area contributed by atoms with Gasteiger partial charge in [0.15, 0.2) is 0 Å². The number of nitrogens with zero attached hydrogens (tertiary/aromatic N) is 2. The number of hydrogen-bond donors (Lipinski definition) is 2. The lowest BCUT2D eigenvalue weighted by Gasteiger charge is -2.22. The first-order valence-electron chi connectivity index (χ1n) is 9.12. The third-order valence-electron chi connectivity index (χ3n) is 4.79. The Labute approximate surface area is 161 Å². The Morgan fingerprint density at radius 2 is 2.26 bits per heavy atom. The Morgan fingerprint density at radius 3 is 2.96 bits per heavy atom. The first-order valence-corrected chi connectivity index (χ1v) is 10.00. The normalized spacial score (nSPS) is 15.4.